The Labute approximate surface area is 76.2 Å². The predicted molar refractivity (Wildman–Crippen MR) is 42.5 cm³/mol. The normalized spacial score (nSPS) is 9.80. The van der Waals surface area contributed by atoms with Crippen LogP contribution in [-0.2, 0) is 11.3 Å². The molecule has 1 aromatic rings. The van der Waals surface area contributed by atoms with Crippen molar-refractivity contribution in [1.82, 2.24) is 0 Å². The van der Waals surface area contributed by atoms with Gasteiger partial charge in [-0.1, -0.05) is 0 Å². The van der Waals surface area contributed by atoms with Gasteiger partial charge in [0.05, 0.1) is 0 Å². The van der Waals surface area contributed by atoms with Crippen molar-refractivity contribution in [3.63, 3.8) is 0 Å². The van der Waals surface area contributed by atoms with Crippen molar-refractivity contribution in [2.75, 3.05) is 7.11 Å². The molecule has 2 radical (unpaired) electrons. The molecule has 0 aliphatic carbocycles. The molecule has 0 spiro atoms. The first-order chi connectivity index (χ1) is 4.84. The van der Waals surface area contributed by atoms with Crippen molar-refractivity contribution in [3.8, 4) is 0 Å². The molecular weight excluding hydrogens is 321 g/mol. The van der Waals surface area contributed by atoms with Gasteiger partial charge in [0.15, 0.2) is 0 Å². The minimum atomic E-state index is 0.743. The van der Waals surface area contributed by atoms with E-state index in [1.165, 1.54) is 33.6 Å². The molecule has 0 fully saturated rings. The predicted octanol–water partition coefficient (Wildman–Crippen LogP) is 0.627. The van der Waals surface area contributed by atoms with Crippen LogP contribution >= 0.6 is 0 Å². The number of rotatable bonds is 2. The molecule has 1 nitrogen and oxygen atoms in total. The van der Waals surface area contributed by atoms with Gasteiger partial charge in [-0.25, -0.2) is 0 Å². The fourth-order valence-corrected chi connectivity index (χ4v) is 1.66. The van der Waals surface area contributed by atoms with Crippen molar-refractivity contribution < 1.29 is 4.74 Å². The van der Waals surface area contributed by atoms with E-state index in [1.807, 2.05) is 6.07 Å². The Morgan fingerprint density at radius 1 is 1.40 bits per heavy atom. The summed E-state index contributed by atoms with van der Waals surface area (Å²) in [6.07, 6.45) is 0. The first kappa shape index (κ1) is 8.16. The van der Waals surface area contributed by atoms with Gasteiger partial charge in [-0.2, -0.15) is 0 Å². The summed E-state index contributed by atoms with van der Waals surface area (Å²) in [6, 6.07) is 8.36. The summed E-state index contributed by atoms with van der Waals surface area (Å²) in [5.74, 6) is 0. The van der Waals surface area contributed by atoms with E-state index in [0.29, 0.717) is 0 Å². The maximum absolute atomic E-state index is 5.03. The Balaban J connectivity index is 2.81. The Morgan fingerprint density at radius 3 is 2.70 bits per heavy atom. The quantitative estimate of drug-likeness (QED) is 0.723. The van der Waals surface area contributed by atoms with E-state index < -0.39 is 0 Å². The van der Waals surface area contributed by atoms with Crippen LogP contribution in [0.25, 0.3) is 0 Å². The Morgan fingerprint density at radius 2 is 2.10 bits per heavy atom. The first-order valence-electron chi connectivity index (χ1n) is 3.10. The standard InChI is InChI=1S/C8H9O.Bi/c1-9-7-8-5-3-2-4-6-8;/h2-5H,7H2,1H3;. The van der Waals surface area contributed by atoms with Crippen LogP contribution < -0.4 is 3.27 Å². The Bertz CT molecular complexity index is 210. The molecular formula is C8H9BiO. The van der Waals surface area contributed by atoms with Crippen LogP contribution in [0.1, 0.15) is 5.56 Å². The molecule has 0 saturated carbocycles. The van der Waals surface area contributed by atoms with E-state index in [4.69, 9.17) is 4.74 Å². The van der Waals surface area contributed by atoms with Gasteiger partial charge in [0.2, 0.25) is 0 Å². The Hall–Kier alpha value is 0.0631. The first-order valence-corrected chi connectivity index (χ1v) is 4.84. The third-order valence-electron chi connectivity index (χ3n) is 1.29. The number of ether oxygens (including phenoxy) is 1. The van der Waals surface area contributed by atoms with Crippen molar-refractivity contribution in [1.29, 1.82) is 0 Å². The number of hydrogen-bond donors (Lipinski definition) is 0. The SMILES string of the molecule is COCc1cccc[c]1[Bi]. The van der Waals surface area contributed by atoms with Gasteiger partial charge < -0.3 is 0 Å². The summed E-state index contributed by atoms with van der Waals surface area (Å²) in [4.78, 5) is 0. The zero-order chi connectivity index (χ0) is 7.40. The van der Waals surface area contributed by atoms with E-state index >= 15 is 0 Å². The van der Waals surface area contributed by atoms with Gasteiger partial charge in [0, 0.05) is 0 Å². The van der Waals surface area contributed by atoms with Gasteiger partial charge >= 0.3 is 76.3 Å². The molecule has 1 rings (SSSR count). The zero-order valence-electron chi connectivity index (χ0n) is 5.87. The van der Waals surface area contributed by atoms with Gasteiger partial charge in [-0.3, -0.25) is 0 Å². The summed E-state index contributed by atoms with van der Waals surface area (Å²) in [7, 11) is 1.73. The van der Waals surface area contributed by atoms with Gasteiger partial charge in [-0.15, -0.1) is 0 Å². The third-order valence-corrected chi connectivity index (χ3v) is 2.99. The molecule has 10 heavy (non-hydrogen) atoms. The molecule has 0 aromatic heterocycles. The van der Waals surface area contributed by atoms with Crippen molar-refractivity contribution in [2.24, 2.45) is 0 Å². The molecule has 0 aliphatic heterocycles. The second-order valence-corrected chi connectivity index (χ2v) is 3.93. The van der Waals surface area contributed by atoms with E-state index in [1.54, 1.807) is 7.11 Å². The average molecular weight is 330 g/mol. The monoisotopic (exact) mass is 330 g/mol. The molecule has 0 aliphatic rings. The molecule has 0 unspecified atom stereocenters. The van der Waals surface area contributed by atoms with E-state index in [9.17, 15) is 0 Å². The Kier molecular flexibility index (Phi) is 3.31. The molecule has 0 bridgehead atoms. The van der Waals surface area contributed by atoms with Crippen LogP contribution in [0.2, 0.25) is 0 Å². The summed E-state index contributed by atoms with van der Waals surface area (Å²) in [5, 5.41) is 0. The van der Waals surface area contributed by atoms with Gasteiger partial charge in [0.25, 0.3) is 0 Å². The fraction of sp³-hybridized carbons (Fsp3) is 0.250. The van der Waals surface area contributed by atoms with Crippen LogP contribution in [0.5, 0.6) is 0 Å². The molecule has 0 atom stereocenters. The van der Waals surface area contributed by atoms with Crippen LogP contribution in [0.3, 0.4) is 0 Å². The number of benzene rings is 1. The van der Waals surface area contributed by atoms with Gasteiger partial charge in [-0.05, 0) is 0 Å². The third kappa shape index (κ3) is 2.03. The molecule has 1 aromatic carbocycles. The van der Waals surface area contributed by atoms with Crippen LogP contribution in [0.4, 0.5) is 0 Å². The molecule has 0 amide bonds. The number of hydrogen-bond acceptors (Lipinski definition) is 1. The molecule has 0 N–H and O–H groups in total. The molecule has 0 heterocycles. The second-order valence-electron chi connectivity index (χ2n) is 2.06. The van der Waals surface area contributed by atoms with E-state index in [-0.39, 0.29) is 0 Å². The van der Waals surface area contributed by atoms with Crippen molar-refractivity contribution in [2.45, 2.75) is 6.61 Å². The molecule has 0 saturated heterocycles. The summed E-state index contributed by atoms with van der Waals surface area (Å²) in [6.45, 7) is 0.743. The number of methoxy groups -OCH3 is 1. The van der Waals surface area contributed by atoms with Crippen molar-refractivity contribution >= 4 is 28.0 Å². The maximum atomic E-state index is 5.03. The van der Waals surface area contributed by atoms with Crippen molar-refractivity contribution in [3.05, 3.63) is 29.8 Å². The zero-order valence-corrected chi connectivity index (χ0v) is 9.35. The topological polar surface area (TPSA) is 9.23 Å². The van der Waals surface area contributed by atoms with Gasteiger partial charge in [0.1, 0.15) is 0 Å². The summed E-state index contributed by atoms with van der Waals surface area (Å²) in [5.41, 5.74) is 1.32. The fourth-order valence-electron chi connectivity index (χ4n) is 0.788. The summed E-state index contributed by atoms with van der Waals surface area (Å²) < 4.78 is 6.43. The second kappa shape index (κ2) is 4.05. The van der Waals surface area contributed by atoms with Crippen LogP contribution in [0, 0.1) is 0 Å². The molecule has 2 heteroatoms. The van der Waals surface area contributed by atoms with E-state index in [0.717, 1.165) is 6.61 Å². The molecule has 52 valence electrons. The summed E-state index contributed by atoms with van der Waals surface area (Å²) >= 11 is 1.31. The van der Waals surface area contributed by atoms with Crippen LogP contribution in [0.15, 0.2) is 24.3 Å². The van der Waals surface area contributed by atoms with Crippen LogP contribution in [-0.4, -0.2) is 31.8 Å². The minimum absolute atomic E-state index is 0.743. The average Bonchev–Trinajstić information content (AvgIpc) is 1.94. The van der Waals surface area contributed by atoms with E-state index in [2.05, 4.69) is 18.2 Å².